The third-order valence-electron chi connectivity index (χ3n) is 6.23. The van der Waals surface area contributed by atoms with Crippen molar-refractivity contribution in [2.24, 2.45) is 16.8 Å². The van der Waals surface area contributed by atoms with Crippen molar-refractivity contribution in [1.29, 1.82) is 5.41 Å². The average molecular weight is 511 g/mol. The Balaban J connectivity index is 1.56. The maximum Gasteiger partial charge on any atom is 0.238 e. The second-order valence-electron chi connectivity index (χ2n) is 8.97. The van der Waals surface area contributed by atoms with Crippen LogP contribution in [0.3, 0.4) is 0 Å². The standard InChI is InChI=1S/C30H30N4O2S/c1-21(34-27-16-14-24(15-17-27)28-12-5-6-13-29(28)37(33,35)36)26(18-22-8-3-2-4-9-22)20-23-10-7-11-25(19-23)30(31)32/h2-17,19,26,34H,1,18,20H2,(H3,31,32)(H2,33,35,36). The molecule has 4 aromatic rings. The largest absolute Gasteiger partial charge is 0.384 e. The summed E-state index contributed by atoms with van der Waals surface area (Å²) in [6, 6.07) is 32.2. The van der Waals surface area contributed by atoms with Gasteiger partial charge in [0.15, 0.2) is 0 Å². The fraction of sp³-hybridized carbons (Fsp3) is 0.100. The SMILES string of the molecule is C=C(Nc1ccc(-c2ccccc2S(N)(=O)=O)cc1)C(Cc1ccccc1)Cc1cccc(C(=N)N)c1. The van der Waals surface area contributed by atoms with E-state index in [1.807, 2.05) is 66.7 Å². The molecule has 6 N–H and O–H groups in total. The van der Waals surface area contributed by atoms with Crippen molar-refractivity contribution in [1.82, 2.24) is 0 Å². The molecule has 0 aliphatic carbocycles. The van der Waals surface area contributed by atoms with Gasteiger partial charge in [-0.05, 0) is 53.8 Å². The topological polar surface area (TPSA) is 122 Å². The summed E-state index contributed by atoms with van der Waals surface area (Å²) in [5, 5.41) is 16.6. The Morgan fingerprint density at radius 2 is 1.46 bits per heavy atom. The lowest BCUT2D eigenvalue weighted by Gasteiger charge is -2.22. The van der Waals surface area contributed by atoms with Crippen molar-refractivity contribution in [2.45, 2.75) is 17.7 Å². The number of rotatable bonds is 10. The lowest BCUT2D eigenvalue weighted by Crippen LogP contribution is -2.17. The first-order chi connectivity index (χ1) is 17.7. The van der Waals surface area contributed by atoms with E-state index < -0.39 is 10.0 Å². The first kappa shape index (κ1) is 25.9. The Hall–Kier alpha value is -4.20. The van der Waals surface area contributed by atoms with Crippen LogP contribution in [0.5, 0.6) is 0 Å². The van der Waals surface area contributed by atoms with Gasteiger partial charge in [0.25, 0.3) is 0 Å². The van der Waals surface area contributed by atoms with Gasteiger partial charge in [-0.25, -0.2) is 13.6 Å². The van der Waals surface area contributed by atoms with Crippen LogP contribution in [0.2, 0.25) is 0 Å². The minimum Gasteiger partial charge on any atom is -0.384 e. The predicted octanol–water partition coefficient (Wildman–Crippen LogP) is 5.31. The Bertz CT molecular complexity index is 1510. The number of benzene rings is 4. The second-order valence-corrected chi connectivity index (χ2v) is 10.5. The molecule has 37 heavy (non-hydrogen) atoms. The second kappa shape index (κ2) is 11.2. The van der Waals surface area contributed by atoms with Crippen molar-refractivity contribution in [3.05, 3.63) is 132 Å². The van der Waals surface area contributed by atoms with Gasteiger partial charge in [0, 0.05) is 28.4 Å². The monoisotopic (exact) mass is 510 g/mol. The smallest absolute Gasteiger partial charge is 0.238 e. The zero-order valence-electron chi connectivity index (χ0n) is 20.4. The van der Waals surface area contributed by atoms with Crippen molar-refractivity contribution in [3.8, 4) is 11.1 Å². The molecule has 7 heteroatoms. The first-order valence-corrected chi connectivity index (χ1v) is 13.4. The summed E-state index contributed by atoms with van der Waals surface area (Å²) in [4.78, 5) is 0.0934. The molecule has 0 heterocycles. The fourth-order valence-electron chi connectivity index (χ4n) is 4.34. The van der Waals surface area contributed by atoms with E-state index >= 15 is 0 Å². The van der Waals surface area contributed by atoms with Crippen molar-refractivity contribution in [2.75, 3.05) is 5.32 Å². The number of allylic oxidation sites excluding steroid dienone is 1. The molecular weight excluding hydrogens is 480 g/mol. The average Bonchev–Trinajstić information content (AvgIpc) is 2.89. The highest BCUT2D eigenvalue weighted by atomic mass is 32.2. The summed E-state index contributed by atoms with van der Waals surface area (Å²) in [5.41, 5.74) is 11.7. The summed E-state index contributed by atoms with van der Waals surface area (Å²) in [6.45, 7) is 4.35. The quantitative estimate of drug-likeness (QED) is 0.170. The van der Waals surface area contributed by atoms with Gasteiger partial charge in [-0.15, -0.1) is 0 Å². The number of hydrogen-bond acceptors (Lipinski definition) is 4. The van der Waals surface area contributed by atoms with E-state index in [1.165, 1.54) is 11.6 Å². The predicted molar refractivity (Wildman–Crippen MR) is 151 cm³/mol. The molecule has 0 bridgehead atoms. The first-order valence-electron chi connectivity index (χ1n) is 11.9. The molecule has 0 aliphatic heterocycles. The van der Waals surface area contributed by atoms with Gasteiger partial charge in [0.1, 0.15) is 5.84 Å². The molecule has 1 atom stereocenters. The molecule has 1 unspecified atom stereocenters. The summed E-state index contributed by atoms with van der Waals surface area (Å²) in [6.07, 6.45) is 1.51. The van der Waals surface area contributed by atoms with E-state index in [0.29, 0.717) is 11.1 Å². The molecule has 0 amide bonds. The fourth-order valence-corrected chi connectivity index (χ4v) is 5.10. The van der Waals surface area contributed by atoms with Crippen molar-refractivity contribution >= 4 is 21.5 Å². The van der Waals surface area contributed by atoms with Crippen LogP contribution < -0.4 is 16.2 Å². The van der Waals surface area contributed by atoms with Gasteiger partial charge in [-0.1, -0.05) is 85.4 Å². The summed E-state index contributed by atoms with van der Waals surface area (Å²) in [7, 11) is -3.84. The Morgan fingerprint density at radius 3 is 2.14 bits per heavy atom. The Kier molecular flexibility index (Phi) is 7.86. The molecule has 0 radical (unpaired) electrons. The van der Waals surface area contributed by atoms with Crippen LogP contribution in [0.15, 0.2) is 120 Å². The number of nitrogen functional groups attached to an aromatic ring is 1. The number of nitrogens with two attached hydrogens (primary N) is 2. The Morgan fingerprint density at radius 1 is 0.838 bits per heavy atom. The van der Waals surface area contributed by atoms with Gasteiger partial charge < -0.3 is 11.1 Å². The van der Waals surface area contributed by atoms with E-state index in [9.17, 15) is 8.42 Å². The number of sulfonamides is 1. The lowest BCUT2D eigenvalue weighted by molar-refractivity contribution is 0.598. The van der Waals surface area contributed by atoms with Crippen LogP contribution in [-0.2, 0) is 22.9 Å². The molecule has 6 nitrogen and oxygen atoms in total. The zero-order valence-corrected chi connectivity index (χ0v) is 21.2. The van der Waals surface area contributed by atoms with Gasteiger partial charge in [-0.3, -0.25) is 5.41 Å². The number of hydrogen-bond donors (Lipinski definition) is 4. The lowest BCUT2D eigenvalue weighted by atomic mass is 9.89. The van der Waals surface area contributed by atoms with Gasteiger partial charge in [-0.2, -0.15) is 0 Å². The third-order valence-corrected chi connectivity index (χ3v) is 7.20. The molecule has 188 valence electrons. The van der Waals surface area contributed by atoms with Crippen molar-refractivity contribution < 1.29 is 8.42 Å². The number of nitrogens with one attached hydrogen (secondary N) is 2. The molecule has 4 rings (SSSR count). The van der Waals surface area contributed by atoms with E-state index in [4.69, 9.17) is 16.3 Å². The molecule has 0 aliphatic rings. The molecule has 0 aromatic heterocycles. The van der Waals surface area contributed by atoms with Crippen LogP contribution in [0.1, 0.15) is 16.7 Å². The van der Waals surface area contributed by atoms with E-state index in [-0.39, 0.29) is 16.6 Å². The van der Waals surface area contributed by atoms with E-state index in [2.05, 4.69) is 24.0 Å². The zero-order chi connectivity index (χ0) is 26.4. The maximum atomic E-state index is 12.0. The van der Waals surface area contributed by atoms with Gasteiger partial charge in [0.2, 0.25) is 10.0 Å². The van der Waals surface area contributed by atoms with Crippen molar-refractivity contribution in [3.63, 3.8) is 0 Å². The van der Waals surface area contributed by atoms with Gasteiger partial charge >= 0.3 is 0 Å². The molecule has 4 aromatic carbocycles. The summed E-state index contributed by atoms with van der Waals surface area (Å²) < 4.78 is 24.0. The van der Waals surface area contributed by atoms with E-state index in [1.54, 1.807) is 18.2 Å². The van der Waals surface area contributed by atoms with Crippen LogP contribution in [0, 0.1) is 11.3 Å². The van der Waals surface area contributed by atoms with Crippen LogP contribution in [0.4, 0.5) is 5.69 Å². The van der Waals surface area contributed by atoms with Crippen LogP contribution in [0.25, 0.3) is 11.1 Å². The minimum atomic E-state index is -3.84. The van der Waals surface area contributed by atoms with E-state index in [0.717, 1.165) is 35.4 Å². The summed E-state index contributed by atoms with van der Waals surface area (Å²) >= 11 is 0. The third kappa shape index (κ3) is 6.73. The number of anilines is 1. The van der Waals surface area contributed by atoms with Crippen LogP contribution >= 0.6 is 0 Å². The molecular formula is C30H30N4O2S. The highest BCUT2D eigenvalue weighted by Crippen LogP contribution is 2.29. The van der Waals surface area contributed by atoms with Crippen LogP contribution in [-0.4, -0.2) is 14.3 Å². The summed E-state index contributed by atoms with van der Waals surface area (Å²) in [5.74, 6) is 0.120. The minimum absolute atomic E-state index is 0.0440. The highest BCUT2D eigenvalue weighted by Gasteiger charge is 2.17. The number of primary sulfonamides is 1. The van der Waals surface area contributed by atoms with Gasteiger partial charge in [0.05, 0.1) is 4.90 Å². The maximum absolute atomic E-state index is 12.0. The Labute approximate surface area is 218 Å². The molecule has 0 fully saturated rings. The number of amidine groups is 1. The molecule has 0 spiro atoms. The normalized spacial score (nSPS) is 12.0. The molecule has 0 saturated heterocycles. The highest BCUT2D eigenvalue weighted by molar-refractivity contribution is 7.89. The molecule has 0 saturated carbocycles.